The predicted octanol–water partition coefficient (Wildman–Crippen LogP) is 1.11. The van der Waals surface area contributed by atoms with Crippen LogP contribution >= 0.6 is 12.4 Å². The van der Waals surface area contributed by atoms with E-state index in [-0.39, 0.29) is 12.4 Å². The van der Waals surface area contributed by atoms with Gasteiger partial charge in [0.1, 0.15) is 5.69 Å². The van der Waals surface area contributed by atoms with Crippen molar-refractivity contribution in [2.45, 2.75) is 6.92 Å². The number of methoxy groups -OCH3 is 1. The highest BCUT2D eigenvalue weighted by Gasteiger charge is 2.08. The molecule has 4 nitrogen and oxygen atoms in total. The van der Waals surface area contributed by atoms with Gasteiger partial charge in [0.05, 0.1) is 12.8 Å². The van der Waals surface area contributed by atoms with Crippen LogP contribution in [0.15, 0.2) is 6.07 Å². The summed E-state index contributed by atoms with van der Waals surface area (Å²) in [5.74, 6) is -0.398. The van der Waals surface area contributed by atoms with Crippen LogP contribution in [-0.4, -0.2) is 18.1 Å². The molecule has 12 heavy (non-hydrogen) atoms. The smallest absolute Gasteiger partial charge is 0.354 e. The SMILES string of the molecule is COC(=O)c1cc(N)c(C)[nH]1.Cl. The molecular weight excluding hydrogens is 180 g/mol. The van der Waals surface area contributed by atoms with Crippen molar-refractivity contribution < 1.29 is 9.53 Å². The first-order valence-corrected chi connectivity index (χ1v) is 3.18. The van der Waals surface area contributed by atoms with E-state index in [4.69, 9.17) is 5.73 Å². The van der Waals surface area contributed by atoms with Gasteiger partial charge in [-0.05, 0) is 13.0 Å². The zero-order valence-electron chi connectivity index (χ0n) is 6.88. The minimum Gasteiger partial charge on any atom is -0.464 e. The average Bonchev–Trinajstić information content (AvgIpc) is 2.31. The molecule has 0 amide bonds. The van der Waals surface area contributed by atoms with Gasteiger partial charge >= 0.3 is 5.97 Å². The van der Waals surface area contributed by atoms with E-state index in [2.05, 4.69) is 9.72 Å². The maximum Gasteiger partial charge on any atom is 0.354 e. The van der Waals surface area contributed by atoms with Gasteiger partial charge in [-0.2, -0.15) is 0 Å². The number of carbonyl (C=O) groups is 1. The normalized spacial score (nSPS) is 8.83. The largest absolute Gasteiger partial charge is 0.464 e. The lowest BCUT2D eigenvalue weighted by molar-refractivity contribution is 0.0594. The highest BCUT2D eigenvalue weighted by Crippen LogP contribution is 2.11. The van der Waals surface area contributed by atoms with Crippen molar-refractivity contribution >= 4 is 24.1 Å². The van der Waals surface area contributed by atoms with E-state index in [0.717, 1.165) is 5.69 Å². The Morgan fingerprint density at radius 2 is 2.25 bits per heavy atom. The first-order chi connectivity index (χ1) is 5.15. The highest BCUT2D eigenvalue weighted by molar-refractivity contribution is 5.88. The van der Waals surface area contributed by atoms with Crippen LogP contribution in [-0.2, 0) is 4.74 Å². The molecule has 0 saturated carbocycles. The molecule has 0 aliphatic rings. The van der Waals surface area contributed by atoms with Crippen LogP contribution in [0.3, 0.4) is 0 Å². The maximum atomic E-state index is 10.9. The van der Waals surface area contributed by atoms with Gasteiger partial charge in [-0.1, -0.05) is 0 Å². The number of anilines is 1. The number of aryl methyl sites for hydroxylation is 1. The molecule has 0 unspecified atom stereocenters. The fourth-order valence-corrected chi connectivity index (χ4v) is 0.794. The van der Waals surface area contributed by atoms with Gasteiger partial charge in [-0.15, -0.1) is 12.4 Å². The van der Waals surface area contributed by atoms with E-state index < -0.39 is 5.97 Å². The van der Waals surface area contributed by atoms with Gasteiger partial charge in [0.2, 0.25) is 0 Å². The van der Waals surface area contributed by atoms with Gasteiger partial charge in [0, 0.05) is 5.69 Å². The van der Waals surface area contributed by atoms with Crippen molar-refractivity contribution in [2.24, 2.45) is 0 Å². The van der Waals surface area contributed by atoms with Crippen LogP contribution in [0.4, 0.5) is 5.69 Å². The summed E-state index contributed by atoms with van der Waals surface area (Å²) in [7, 11) is 1.33. The summed E-state index contributed by atoms with van der Waals surface area (Å²) in [6.07, 6.45) is 0. The molecule has 1 rings (SSSR count). The summed E-state index contributed by atoms with van der Waals surface area (Å²) in [5, 5.41) is 0. The number of esters is 1. The lowest BCUT2D eigenvalue weighted by Crippen LogP contribution is -2.00. The van der Waals surface area contributed by atoms with E-state index in [1.54, 1.807) is 13.0 Å². The van der Waals surface area contributed by atoms with Crippen LogP contribution < -0.4 is 5.73 Å². The number of nitrogens with two attached hydrogens (primary N) is 1. The molecule has 1 aromatic heterocycles. The quantitative estimate of drug-likeness (QED) is 0.652. The summed E-state index contributed by atoms with van der Waals surface area (Å²) < 4.78 is 4.48. The van der Waals surface area contributed by atoms with Crippen LogP contribution in [0.25, 0.3) is 0 Å². The Bertz CT molecular complexity index is 263. The zero-order valence-corrected chi connectivity index (χ0v) is 7.70. The van der Waals surface area contributed by atoms with Crippen molar-refractivity contribution in [3.05, 3.63) is 17.5 Å². The molecule has 0 saturated heterocycles. The number of nitrogen functional groups attached to an aromatic ring is 1. The first kappa shape index (κ1) is 10.8. The Labute approximate surface area is 76.5 Å². The van der Waals surface area contributed by atoms with Crippen molar-refractivity contribution in [2.75, 3.05) is 12.8 Å². The molecule has 3 N–H and O–H groups in total. The topological polar surface area (TPSA) is 68.1 Å². The zero-order chi connectivity index (χ0) is 8.43. The Hall–Kier alpha value is -1.16. The number of ether oxygens (including phenoxy) is 1. The predicted molar refractivity (Wildman–Crippen MR) is 48.5 cm³/mol. The fraction of sp³-hybridized carbons (Fsp3) is 0.286. The number of rotatable bonds is 1. The summed E-state index contributed by atoms with van der Waals surface area (Å²) in [5.41, 5.74) is 7.24. The van der Waals surface area contributed by atoms with E-state index in [1.165, 1.54) is 7.11 Å². The standard InChI is InChI=1S/C7H10N2O2.ClH/c1-4-5(8)3-6(9-4)7(10)11-2;/h3,9H,8H2,1-2H3;1H. The fourth-order valence-electron chi connectivity index (χ4n) is 0.794. The van der Waals surface area contributed by atoms with Crippen LogP contribution in [0, 0.1) is 6.92 Å². The van der Waals surface area contributed by atoms with Crippen molar-refractivity contribution in [3.8, 4) is 0 Å². The number of hydrogen-bond acceptors (Lipinski definition) is 3. The molecule has 0 atom stereocenters. The molecule has 1 heterocycles. The molecule has 0 fully saturated rings. The van der Waals surface area contributed by atoms with Crippen molar-refractivity contribution in [1.82, 2.24) is 4.98 Å². The first-order valence-electron chi connectivity index (χ1n) is 3.18. The number of aromatic amines is 1. The van der Waals surface area contributed by atoms with Gasteiger partial charge in [0.15, 0.2) is 0 Å². The second-order valence-electron chi connectivity index (χ2n) is 2.25. The summed E-state index contributed by atoms with van der Waals surface area (Å²) >= 11 is 0. The molecule has 68 valence electrons. The monoisotopic (exact) mass is 190 g/mol. The number of nitrogens with one attached hydrogen (secondary N) is 1. The molecule has 0 aliphatic carbocycles. The average molecular weight is 191 g/mol. The molecular formula is C7H11ClN2O2. The molecule has 0 bridgehead atoms. The third-order valence-corrected chi connectivity index (χ3v) is 1.46. The van der Waals surface area contributed by atoms with E-state index in [1.807, 2.05) is 0 Å². The van der Waals surface area contributed by atoms with Crippen molar-refractivity contribution in [1.29, 1.82) is 0 Å². The van der Waals surface area contributed by atoms with Gasteiger partial charge in [0.25, 0.3) is 0 Å². The van der Waals surface area contributed by atoms with E-state index in [0.29, 0.717) is 11.4 Å². The van der Waals surface area contributed by atoms with Crippen LogP contribution in [0.1, 0.15) is 16.2 Å². The second kappa shape index (κ2) is 4.01. The summed E-state index contributed by atoms with van der Waals surface area (Å²) in [6.45, 7) is 1.79. The third-order valence-electron chi connectivity index (χ3n) is 1.46. The molecule has 0 radical (unpaired) electrons. The number of carbonyl (C=O) groups excluding carboxylic acids is 1. The number of aromatic nitrogens is 1. The Balaban J connectivity index is 0.00000121. The second-order valence-corrected chi connectivity index (χ2v) is 2.25. The maximum absolute atomic E-state index is 10.9. The lowest BCUT2D eigenvalue weighted by atomic mass is 10.4. The third kappa shape index (κ3) is 1.92. The summed E-state index contributed by atoms with van der Waals surface area (Å²) in [4.78, 5) is 13.7. The lowest BCUT2D eigenvalue weighted by Gasteiger charge is -1.92. The molecule has 0 spiro atoms. The molecule has 1 aromatic rings. The molecule has 0 aromatic carbocycles. The number of halogens is 1. The Morgan fingerprint density at radius 3 is 2.58 bits per heavy atom. The van der Waals surface area contributed by atoms with E-state index >= 15 is 0 Å². The Morgan fingerprint density at radius 1 is 1.67 bits per heavy atom. The number of hydrogen-bond donors (Lipinski definition) is 2. The van der Waals surface area contributed by atoms with Crippen molar-refractivity contribution in [3.63, 3.8) is 0 Å². The Kier molecular flexibility index (Phi) is 3.63. The van der Waals surface area contributed by atoms with Gasteiger partial charge < -0.3 is 15.5 Å². The molecule has 0 aliphatic heterocycles. The van der Waals surface area contributed by atoms with Crippen LogP contribution in [0.5, 0.6) is 0 Å². The summed E-state index contributed by atoms with van der Waals surface area (Å²) in [6, 6.07) is 1.56. The van der Waals surface area contributed by atoms with Crippen LogP contribution in [0.2, 0.25) is 0 Å². The van der Waals surface area contributed by atoms with Gasteiger partial charge in [-0.3, -0.25) is 0 Å². The minimum atomic E-state index is -0.398. The number of H-pyrrole nitrogens is 1. The minimum absolute atomic E-state index is 0. The van der Waals surface area contributed by atoms with E-state index in [9.17, 15) is 4.79 Å². The van der Waals surface area contributed by atoms with Gasteiger partial charge in [-0.25, -0.2) is 4.79 Å². The highest BCUT2D eigenvalue weighted by atomic mass is 35.5. The molecule has 5 heteroatoms.